The monoisotopic (exact) mass is 295 g/mol. The van der Waals surface area contributed by atoms with Gasteiger partial charge in [0.15, 0.2) is 5.78 Å². The Morgan fingerprint density at radius 3 is 2.61 bits per heavy atom. The Labute approximate surface area is 109 Å². The van der Waals surface area contributed by atoms with Crippen molar-refractivity contribution in [3.63, 3.8) is 0 Å². The molecule has 0 unspecified atom stereocenters. The van der Waals surface area contributed by atoms with Gasteiger partial charge in [0.2, 0.25) is 0 Å². The van der Waals surface area contributed by atoms with Crippen LogP contribution < -0.4 is 4.89 Å². The number of carbonyl (C=O) groups is 1. The number of nitrogens with one attached hydrogen (secondary N) is 1. The normalized spacial score (nSPS) is 11.6. The van der Waals surface area contributed by atoms with Gasteiger partial charge >= 0.3 is 0 Å². The number of hydrogen-bond acceptors (Lipinski definition) is 4. The lowest BCUT2D eigenvalue weighted by Gasteiger charge is -2.08. The first-order valence-electron chi connectivity index (χ1n) is 4.90. The van der Waals surface area contributed by atoms with Crippen molar-refractivity contribution < 1.29 is 22.4 Å². The second-order valence-electron chi connectivity index (χ2n) is 3.33. The number of carbonyl (C=O) groups excluding carboxylic acids is 1. The van der Waals surface area contributed by atoms with E-state index in [2.05, 4.69) is 4.84 Å². The first kappa shape index (κ1) is 15.0. The van der Waals surface area contributed by atoms with Gasteiger partial charge in [-0.1, -0.05) is 23.4 Å². The van der Waals surface area contributed by atoms with Crippen molar-refractivity contribution in [2.45, 2.75) is 18.2 Å². The molecule has 0 heterocycles. The van der Waals surface area contributed by atoms with E-state index in [4.69, 9.17) is 11.6 Å². The predicted octanol–water partition coefficient (Wildman–Crippen LogP) is 1.91. The highest BCUT2D eigenvalue weighted by atomic mass is 35.5. The molecule has 5 nitrogen and oxygen atoms in total. The van der Waals surface area contributed by atoms with Gasteiger partial charge in [-0.25, -0.2) is 12.8 Å². The Kier molecular flexibility index (Phi) is 4.80. The number of benzene rings is 1. The Balaban J connectivity index is 3.43. The SMILES string of the molecule is CCC(=O)c1cc(S(=O)(=O)NOC)c(F)cc1Cl. The van der Waals surface area contributed by atoms with E-state index in [0.717, 1.165) is 19.2 Å². The third kappa shape index (κ3) is 3.05. The zero-order chi connectivity index (χ0) is 13.9. The van der Waals surface area contributed by atoms with E-state index in [-0.39, 0.29) is 22.8 Å². The lowest BCUT2D eigenvalue weighted by atomic mass is 10.1. The Morgan fingerprint density at radius 2 is 2.11 bits per heavy atom. The van der Waals surface area contributed by atoms with Crippen LogP contribution >= 0.6 is 11.6 Å². The van der Waals surface area contributed by atoms with Gasteiger partial charge in [-0.05, 0) is 12.1 Å². The number of rotatable bonds is 5. The second kappa shape index (κ2) is 5.75. The molecule has 8 heteroatoms. The molecule has 1 rings (SSSR count). The first-order chi connectivity index (χ1) is 8.33. The molecule has 0 aliphatic rings. The summed E-state index contributed by atoms with van der Waals surface area (Å²) in [6, 6.07) is 1.68. The summed E-state index contributed by atoms with van der Waals surface area (Å²) in [6.45, 7) is 1.59. The summed E-state index contributed by atoms with van der Waals surface area (Å²) in [5.74, 6) is -1.44. The minimum atomic E-state index is -4.18. The molecule has 100 valence electrons. The summed E-state index contributed by atoms with van der Waals surface area (Å²) in [4.78, 5) is 16.8. The van der Waals surface area contributed by atoms with Crippen molar-refractivity contribution in [3.05, 3.63) is 28.5 Å². The van der Waals surface area contributed by atoms with Gasteiger partial charge in [0.1, 0.15) is 10.7 Å². The lowest BCUT2D eigenvalue weighted by molar-refractivity contribution is 0.0988. The fourth-order valence-electron chi connectivity index (χ4n) is 1.29. The van der Waals surface area contributed by atoms with Crippen LogP contribution in [-0.2, 0) is 14.9 Å². The van der Waals surface area contributed by atoms with Gasteiger partial charge in [-0.2, -0.15) is 0 Å². The molecule has 0 spiro atoms. The average Bonchev–Trinajstić information content (AvgIpc) is 2.27. The van der Waals surface area contributed by atoms with Crippen LogP contribution in [0, 0.1) is 5.82 Å². The Hall–Kier alpha value is -1.02. The van der Waals surface area contributed by atoms with Gasteiger partial charge in [-0.15, -0.1) is 0 Å². The van der Waals surface area contributed by atoms with Crippen molar-refractivity contribution in [3.8, 4) is 0 Å². The lowest BCUT2D eigenvalue weighted by Crippen LogP contribution is -2.23. The quantitative estimate of drug-likeness (QED) is 0.665. The fraction of sp³-hybridized carbons (Fsp3) is 0.300. The van der Waals surface area contributed by atoms with E-state index in [1.165, 1.54) is 0 Å². The number of Topliss-reactive ketones (excluding diaryl/α,β-unsaturated/α-hetero) is 1. The molecule has 0 saturated heterocycles. The van der Waals surface area contributed by atoms with Gasteiger partial charge in [-0.3, -0.25) is 9.63 Å². The molecule has 0 radical (unpaired) electrons. The van der Waals surface area contributed by atoms with Crippen molar-refractivity contribution >= 4 is 27.4 Å². The highest BCUT2D eigenvalue weighted by molar-refractivity contribution is 7.89. The standard InChI is InChI=1S/C10H11ClFNO4S/c1-3-9(14)6-4-10(8(12)5-7(6)11)18(15,16)13-17-2/h4-5,13H,3H2,1-2H3. The number of halogens is 2. The summed E-state index contributed by atoms with van der Waals surface area (Å²) in [6.07, 6.45) is 0.128. The van der Waals surface area contributed by atoms with E-state index >= 15 is 0 Å². The zero-order valence-electron chi connectivity index (χ0n) is 9.66. The average molecular weight is 296 g/mol. The van der Waals surface area contributed by atoms with Crippen molar-refractivity contribution in [1.82, 2.24) is 4.89 Å². The molecule has 0 atom stereocenters. The van der Waals surface area contributed by atoms with Gasteiger partial charge in [0.25, 0.3) is 10.0 Å². The van der Waals surface area contributed by atoms with E-state index in [1.807, 2.05) is 0 Å². The number of hydrogen-bond donors (Lipinski definition) is 1. The molecular formula is C10H11ClFNO4S. The van der Waals surface area contributed by atoms with Crippen LogP contribution in [0.3, 0.4) is 0 Å². The summed E-state index contributed by atoms with van der Waals surface area (Å²) in [5, 5.41) is -0.129. The van der Waals surface area contributed by atoms with Crippen LogP contribution in [-0.4, -0.2) is 21.3 Å². The molecule has 0 aromatic heterocycles. The summed E-state index contributed by atoms with van der Waals surface area (Å²) in [7, 11) is -3.11. The van der Waals surface area contributed by atoms with E-state index in [9.17, 15) is 17.6 Å². The molecule has 0 fully saturated rings. The molecule has 18 heavy (non-hydrogen) atoms. The van der Waals surface area contributed by atoms with Crippen molar-refractivity contribution in [2.24, 2.45) is 0 Å². The summed E-state index contributed by atoms with van der Waals surface area (Å²) in [5.41, 5.74) is -0.0444. The van der Waals surface area contributed by atoms with Crippen LogP contribution in [0.2, 0.25) is 5.02 Å². The highest BCUT2D eigenvalue weighted by Gasteiger charge is 2.23. The molecule has 0 amide bonds. The molecule has 0 saturated carbocycles. The number of ketones is 1. The molecule has 0 aliphatic heterocycles. The Bertz CT molecular complexity index is 573. The van der Waals surface area contributed by atoms with E-state index < -0.39 is 20.7 Å². The molecule has 0 aliphatic carbocycles. The second-order valence-corrected chi connectivity index (χ2v) is 5.35. The fourth-order valence-corrected chi connectivity index (χ4v) is 2.45. The highest BCUT2D eigenvalue weighted by Crippen LogP contribution is 2.25. The van der Waals surface area contributed by atoms with E-state index in [0.29, 0.717) is 0 Å². The topological polar surface area (TPSA) is 72.5 Å². The summed E-state index contributed by atoms with van der Waals surface area (Å²) >= 11 is 5.69. The minimum Gasteiger partial charge on any atom is -0.294 e. The molecule has 0 bridgehead atoms. The van der Waals surface area contributed by atoms with Crippen LogP contribution in [0.25, 0.3) is 0 Å². The molecule has 1 N–H and O–H groups in total. The van der Waals surface area contributed by atoms with Gasteiger partial charge in [0, 0.05) is 12.0 Å². The van der Waals surface area contributed by atoms with Crippen LogP contribution in [0.4, 0.5) is 4.39 Å². The van der Waals surface area contributed by atoms with Crippen molar-refractivity contribution in [2.75, 3.05) is 7.11 Å². The maximum atomic E-state index is 13.5. The molecule has 1 aromatic carbocycles. The van der Waals surface area contributed by atoms with Crippen LogP contribution in [0.15, 0.2) is 17.0 Å². The van der Waals surface area contributed by atoms with Gasteiger partial charge < -0.3 is 0 Å². The minimum absolute atomic E-state index is 0.0444. The number of sulfonamides is 1. The van der Waals surface area contributed by atoms with Crippen LogP contribution in [0.1, 0.15) is 23.7 Å². The summed E-state index contributed by atoms with van der Waals surface area (Å²) < 4.78 is 36.7. The predicted molar refractivity (Wildman–Crippen MR) is 63.4 cm³/mol. The largest absolute Gasteiger partial charge is 0.294 e. The maximum absolute atomic E-state index is 13.5. The third-order valence-electron chi connectivity index (χ3n) is 2.13. The smallest absolute Gasteiger partial charge is 0.265 e. The van der Waals surface area contributed by atoms with Crippen molar-refractivity contribution in [1.29, 1.82) is 0 Å². The van der Waals surface area contributed by atoms with Gasteiger partial charge in [0.05, 0.1) is 12.1 Å². The van der Waals surface area contributed by atoms with Crippen LogP contribution in [0.5, 0.6) is 0 Å². The van der Waals surface area contributed by atoms with E-state index in [1.54, 1.807) is 11.8 Å². The first-order valence-corrected chi connectivity index (χ1v) is 6.76. The Morgan fingerprint density at radius 1 is 1.50 bits per heavy atom. The third-order valence-corrected chi connectivity index (χ3v) is 3.72. The maximum Gasteiger partial charge on any atom is 0.265 e. The molecular weight excluding hydrogens is 285 g/mol. The zero-order valence-corrected chi connectivity index (χ0v) is 11.2. The molecule has 1 aromatic rings.